The molecule has 0 N–H and O–H groups in total. The van der Waals surface area contributed by atoms with Gasteiger partial charge in [0.25, 0.3) is 6.71 Å². The molecule has 0 spiro atoms. The number of fused-ring (bicyclic) bond motifs is 10. The highest BCUT2D eigenvalue weighted by atomic mass is 16.3. The lowest BCUT2D eigenvalue weighted by Crippen LogP contribution is -2.61. The SMILES string of the molecule is Cc1cc2c3c(c1)N(c1ccc(C(C)(C)C)cc1-c1ccccc1)c1cc(N4c5ccccc5C5(C)CCCCC45C)ccc1B3c1ccc(C(C)(C)C)cc1N2c1ccc2oc3ccccc3c2c1. The van der Waals surface area contributed by atoms with Gasteiger partial charge in [-0.3, -0.25) is 0 Å². The largest absolute Gasteiger partial charge is 0.456 e. The van der Waals surface area contributed by atoms with E-state index in [9.17, 15) is 0 Å². The van der Waals surface area contributed by atoms with Crippen LogP contribution < -0.4 is 31.1 Å². The van der Waals surface area contributed by atoms with Gasteiger partial charge in [-0.25, -0.2) is 0 Å². The third kappa shape index (κ3) is 6.15. The first-order valence-electron chi connectivity index (χ1n) is 25.7. The second kappa shape index (κ2) is 15.0. The normalized spacial score (nSPS) is 19.3. The van der Waals surface area contributed by atoms with Crippen LogP contribution in [0.2, 0.25) is 0 Å². The minimum atomic E-state index is -0.0728. The van der Waals surface area contributed by atoms with E-state index in [1.54, 1.807) is 0 Å². The molecule has 1 saturated carbocycles. The number of hydrogen-bond acceptors (Lipinski definition) is 4. The second-order valence-corrected chi connectivity index (χ2v) is 23.4. The first-order chi connectivity index (χ1) is 33.6. The van der Waals surface area contributed by atoms with E-state index in [1.807, 2.05) is 0 Å². The van der Waals surface area contributed by atoms with Gasteiger partial charge in [0.05, 0.1) is 11.2 Å². The summed E-state index contributed by atoms with van der Waals surface area (Å²) < 4.78 is 6.44. The number of anilines is 8. The van der Waals surface area contributed by atoms with Gasteiger partial charge in [-0.1, -0.05) is 152 Å². The highest BCUT2D eigenvalue weighted by Gasteiger charge is 2.58. The van der Waals surface area contributed by atoms with Crippen LogP contribution in [0.25, 0.3) is 33.1 Å². The summed E-state index contributed by atoms with van der Waals surface area (Å²) in [5.41, 5.74) is 23.3. The van der Waals surface area contributed by atoms with E-state index >= 15 is 0 Å². The molecule has 4 heterocycles. The minimum absolute atomic E-state index is 0.0138. The summed E-state index contributed by atoms with van der Waals surface area (Å²) in [6, 6.07) is 62.7. The Kier molecular flexibility index (Phi) is 9.24. The van der Waals surface area contributed by atoms with Crippen molar-refractivity contribution in [1.82, 2.24) is 0 Å². The monoisotopic (exact) mass is 911 g/mol. The highest BCUT2D eigenvalue weighted by molar-refractivity contribution is 7.00. The zero-order valence-electron chi connectivity index (χ0n) is 42.2. The van der Waals surface area contributed by atoms with Crippen LogP contribution >= 0.6 is 0 Å². The van der Waals surface area contributed by atoms with Crippen molar-refractivity contribution in [2.45, 2.75) is 110 Å². The summed E-state index contributed by atoms with van der Waals surface area (Å²) in [7, 11) is 0. The maximum Gasteiger partial charge on any atom is 0.252 e. The number of nitrogens with zero attached hydrogens (tertiary/aromatic N) is 3. The van der Waals surface area contributed by atoms with Gasteiger partial charge in [0, 0.05) is 61.6 Å². The maximum absolute atomic E-state index is 6.44. The van der Waals surface area contributed by atoms with Gasteiger partial charge in [0.15, 0.2) is 0 Å². The van der Waals surface area contributed by atoms with Gasteiger partial charge in [0.2, 0.25) is 0 Å². The van der Waals surface area contributed by atoms with Crippen molar-refractivity contribution in [2.24, 2.45) is 0 Å². The molecule has 5 heteroatoms. The summed E-state index contributed by atoms with van der Waals surface area (Å²) in [6.45, 7) is 21.4. The van der Waals surface area contributed by atoms with Gasteiger partial charge >= 0.3 is 0 Å². The predicted octanol–water partition coefficient (Wildman–Crippen LogP) is 16.0. The van der Waals surface area contributed by atoms with Crippen molar-refractivity contribution in [3.63, 3.8) is 0 Å². The number of hydrogen-bond donors (Lipinski definition) is 0. The lowest BCUT2D eigenvalue weighted by molar-refractivity contribution is 0.195. The zero-order chi connectivity index (χ0) is 48.1. The van der Waals surface area contributed by atoms with Crippen LogP contribution in [0, 0.1) is 6.92 Å². The summed E-state index contributed by atoms with van der Waals surface area (Å²) in [6.07, 6.45) is 4.84. The van der Waals surface area contributed by atoms with E-state index in [-0.39, 0.29) is 28.5 Å². The first kappa shape index (κ1) is 43.1. The van der Waals surface area contributed by atoms with Crippen LogP contribution in [-0.4, -0.2) is 12.3 Å². The molecule has 9 aromatic rings. The molecule has 1 fully saturated rings. The number of furan rings is 1. The van der Waals surface area contributed by atoms with Crippen molar-refractivity contribution in [3.8, 4) is 11.1 Å². The van der Waals surface area contributed by atoms with Crippen LogP contribution in [0.3, 0.4) is 0 Å². The summed E-state index contributed by atoms with van der Waals surface area (Å²) in [5.74, 6) is 0. The number of benzene rings is 8. The number of rotatable bonds is 4. The van der Waals surface area contributed by atoms with Crippen molar-refractivity contribution >= 4 is 90.5 Å². The molecular weight excluding hydrogens is 850 g/mol. The Hall–Kier alpha value is -6.98. The van der Waals surface area contributed by atoms with E-state index in [2.05, 4.69) is 241 Å². The van der Waals surface area contributed by atoms with Crippen LogP contribution in [-0.2, 0) is 16.2 Å². The van der Waals surface area contributed by atoms with Crippen LogP contribution in [0.5, 0.6) is 0 Å². The Bertz CT molecular complexity index is 3610. The predicted molar refractivity (Wildman–Crippen MR) is 298 cm³/mol. The Labute approximate surface area is 414 Å². The molecule has 4 aliphatic rings. The fourth-order valence-electron chi connectivity index (χ4n) is 13.3. The molecule has 13 rings (SSSR count). The number of aryl methyl sites for hydroxylation is 1. The molecule has 0 amide bonds. The smallest absolute Gasteiger partial charge is 0.252 e. The molecule has 0 saturated heterocycles. The third-order valence-electron chi connectivity index (χ3n) is 17.1. The average molecular weight is 912 g/mol. The van der Waals surface area contributed by atoms with Gasteiger partial charge in [0.1, 0.15) is 11.2 Å². The van der Waals surface area contributed by atoms with Crippen molar-refractivity contribution in [3.05, 3.63) is 186 Å². The number of para-hydroxylation sites is 2. The summed E-state index contributed by atoms with van der Waals surface area (Å²) in [4.78, 5) is 7.97. The average Bonchev–Trinajstić information content (AvgIpc) is 3.82. The van der Waals surface area contributed by atoms with Gasteiger partial charge in [-0.15, -0.1) is 0 Å². The van der Waals surface area contributed by atoms with E-state index in [0.29, 0.717) is 0 Å². The molecular formula is C65H62BN3O. The second-order valence-electron chi connectivity index (χ2n) is 23.4. The van der Waals surface area contributed by atoms with E-state index < -0.39 is 0 Å². The fourth-order valence-corrected chi connectivity index (χ4v) is 13.3. The molecule has 2 unspecified atom stereocenters. The standard InChI is InChI=1S/C65H62BN3O/c1-41-35-57-61-58(36-41)68(53-31-26-43(62(2,3)4)37-48(53)42-19-11-10-12-20-42)56-40-46(69-54-23-15-14-22-50(54)64(8)33-17-18-34-65(64,69)9)27-30-52(56)66(61)51-29-25-44(63(5,6)7)38-55(51)67(57)45-28-32-60-49(39-45)47-21-13-16-24-59(47)70-60/h10-16,19-32,35-40H,17-18,33-34H2,1-9H3. The Balaban J connectivity index is 1.12. The van der Waals surface area contributed by atoms with Crippen LogP contribution in [0.1, 0.15) is 103 Å². The molecule has 2 atom stereocenters. The third-order valence-corrected chi connectivity index (χ3v) is 17.1. The summed E-state index contributed by atoms with van der Waals surface area (Å²) >= 11 is 0. The van der Waals surface area contributed by atoms with Crippen molar-refractivity contribution in [2.75, 3.05) is 14.7 Å². The zero-order valence-corrected chi connectivity index (χ0v) is 42.2. The molecule has 3 aliphatic heterocycles. The Morgan fingerprint density at radius 3 is 1.91 bits per heavy atom. The van der Waals surface area contributed by atoms with Crippen molar-refractivity contribution in [1.29, 1.82) is 0 Å². The lowest BCUT2D eigenvalue weighted by atomic mass is 9.33. The Morgan fingerprint density at radius 1 is 0.500 bits per heavy atom. The molecule has 0 radical (unpaired) electrons. The Morgan fingerprint density at radius 2 is 1.13 bits per heavy atom. The lowest BCUT2D eigenvalue weighted by Gasteiger charge is -2.50. The first-order valence-corrected chi connectivity index (χ1v) is 25.7. The molecule has 1 aromatic heterocycles. The molecule has 346 valence electrons. The fraction of sp³-hybridized carbons (Fsp3) is 0.262. The van der Waals surface area contributed by atoms with E-state index in [0.717, 1.165) is 34.0 Å². The highest BCUT2D eigenvalue weighted by Crippen LogP contribution is 2.61. The molecule has 0 bridgehead atoms. The van der Waals surface area contributed by atoms with Gasteiger partial charge in [-0.05, 0) is 155 Å². The minimum Gasteiger partial charge on any atom is -0.456 e. The van der Waals surface area contributed by atoms with E-state index in [1.165, 1.54) is 109 Å². The molecule has 8 aromatic carbocycles. The molecule has 1 aliphatic carbocycles. The molecule has 70 heavy (non-hydrogen) atoms. The molecule has 4 nitrogen and oxygen atoms in total. The van der Waals surface area contributed by atoms with Crippen LogP contribution in [0.15, 0.2) is 168 Å². The van der Waals surface area contributed by atoms with Gasteiger partial charge < -0.3 is 19.1 Å². The van der Waals surface area contributed by atoms with Gasteiger partial charge in [-0.2, -0.15) is 0 Å². The van der Waals surface area contributed by atoms with Crippen molar-refractivity contribution < 1.29 is 4.42 Å². The quantitative estimate of drug-likeness (QED) is 0.164. The maximum atomic E-state index is 6.44. The summed E-state index contributed by atoms with van der Waals surface area (Å²) in [5, 5.41) is 2.26. The van der Waals surface area contributed by atoms with Crippen LogP contribution in [0.4, 0.5) is 45.5 Å². The topological polar surface area (TPSA) is 22.9 Å². The van der Waals surface area contributed by atoms with E-state index in [4.69, 9.17) is 4.42 Å².